The number of hydrogen-bond acceptors (Lipinski definition) is 5. The Hall–Kier alpha value is -2.32. The van der Waals surface area contributed by atoms with Crippen LogP contribution in [-0.4, -0.2) is 41.7 Å². The molecule has 0 heterocycles. The number of carbonyl (C=O) groups is 1. The van der Waals surface area contributed by atoms with Crippen LogP contribution in [0.3, 0.4) is 0 Å². The van der Waals surface area contributed by atoms with E-state index in [2.05, 4.69) is 0 Å². The standard InChI is InChI=1S/C22H19ClO5S2/c23-18-10-6-16(7-11-18)17-8-12-20(13-9-17)30(27,28)15-22(26,21(24)25)14-29-19-4-2-1-3-5-19/h1-13,26H,14-15H2,(H,24,25). The molecule has 156 valence electrons. The zero-order valence-corrected chi connectivity index (χ0v) is 18.1. The summed E-state index contributed by atoms with van der Waals surface area (Å²) in [7, 11) is -4.04. The number of halogens is 1. The first kappa shape index (κ1) is 22.4. The highest BCUT2D eigenvalue weighted by Gasteiger charge is 2.41. The molecule has 5 nitrogen and oxygen atoms in total. The maximum atomic E-state index is 12.8. The highest BCUT2D eigenvalue weighted by atomic mass is 35.5. The van der Waals surface area contributed by atoms with Crippen molar-refractivity contribution in [2.75, 3.05) is 11.5 Å². The zero-order valence-electron chi connectivity index (χ0n) is 15.7. The molecule has 0 spiro atoms. The first-order valence-corrected chi connectivity index (χ1v) is 11.9. The van der Waals surface area contributed by atoms with Crippen LogP contribution in [0.4, 0.5) is 0 Å². The number of benzene rings is 3. The Balaban J connectivity index is 1.78. The minimum Gasteiger partial charge on any atom is -0.479 e. The summed E-state index contributed by atoms with van der Waals surface area (Å²) in [6.07, 6.45) is 0. The average Bonchev–Trinajstić information content (AvgIpc) is 2.73. The number of carboxylic acid groups (broad SMARTS) is 1. The van der Waals surface area contributed by atoms with E-state index >= 15 is 0 Å². The van der Waals surface area contributed by atoms with Crippen LogP contribution in [0.5, 0.6) is 0 Å². The minimum absolute atomic E-state index is 0.0513. The van der Waals surface area contributed by atoms with Gasteiger partial charge in [-0.2, -0.15) is 0 Å². The molecule has 0 radical (unpaired) electrons. The minimum atomic E-state index is -4.04. The van der Waals surface area contributed by atoms with Gasteiger partial charge in [-0.1, -0.05) is 54.1 Å². The Kier molecular flexibility index (Phi) is 6.88. The van der Waals surface area contributed by atoms with Gasteiger partial charge in [-0.15, -0.1) is 11.8 Å². The van der Waals surface area contributed by atoms with Gasteiger partial charge in [-0.05, 0) is 47.5 Å². The van der Waals surface area contributed by atoms with Crippen LogP contribution in [0.25, 0.3) is 11.1 Å². The number of sulfone groups is 1. The largest absolute Gasteiger partial charge is 0.479 e. The second-order valence-electron chi connectivity index (χ2n) is 6.73. The van der Waals surface area contributed by atoms with Crippen molar-refractivity contribution in [3.8, 4) is 11.1 Å². The van der Waals surface area contributed by atoms with Crippen molar-refractivity contribution in [1.29, 1.82) is 0 Å². The molecule has 3 aromatic rings. The van der Waals surface area contributed by atoms with E-state index in [1.54, 1.807) is 48.5 Å². The first-order valence-electron chi connectivity index (χ1n) is 8.92. The second-order valence-corrected chi connectivity index (χ2v) is 10.2. The van der Waals surface area contributed by atoms with Gasteiger partial charge in [0.25, 0.3) is 0 Å². The van der Waals surface area contributed by atoms with Crippen LogP contribution in [0.2, 0.25) is 5.02 Å². The van der Waals surface area contributed by atoms with Gasteiger partial charge in [-0.25, -0.2) is 13.2 Å². The predicted molar refractivity (Wildman–Crippen MR) is 119 cm³/mol. The molecule has 1 unspecified atom stereocenters. The molecule has 30 heavy (non-hydrogen) atoms. The Morgan fingerprint density at radius 3 is 1.97 bits per heavy atom. The molecule has 0 saturated heterocycles. The van der Waals surface area contributed by atoms with Gasteiger partial charge in [0.1, 0.15) is 0 Å². The van der Waals surface area contributed by atoms with Gasteiger partial charge < -0.3 is 10.2 Å². The Morgan fingerprint density at radius 2 is 1.43 bits per heavy atom. The molecule has 3 rings (SSSR count). The lowest BCUT2D eigenvalue weighted by atomic mass is 10.1. The van der Waals surface area contributed by atoms with Gasteiger partial charge in [0.05, 0.1) is 10.6 Å². The number of hydrogen-bond donors (Lipinski definition) is 2. The number of rotatable bonds is 8. The van der Waals surface area contributed by atoms with Crippen molar-refractivity contribution in [3.05, 3.63) is 83.9 Å². The highest BCUT2D eigenvalue weighted by Crippen LogP contribution is 2.27. The Labute approximate surface area is 184 Å². The van der Waals surface area contributed by atoms with Crippen molar-refractivity contribution >= 4 is 39.2 Å². The predicted octanol–water partition coefficient (Wildman–Crippen LogP) is 4.39. The fourth-order valence-electron chi connectivity index (χ4n) is 2.78. The Morgan fingerprint density at radius 1 is 0.900 bits per heavy atom. The van der Waals surface area contributed by atoms with E-state index in [0.717, 1.165) is 27.8 Å². The van der Waals surface area contributed by atoms with Crippen LogP contribution in [-0.2, 0) is 14.6 Å². The summed E-state index contributed by atoms with van der Waals surface area (Å²) in [6.45, 7) is 0. The number of aliphatic carboxylic acids is 1. The van der Waals surface area contributed by atoms with Crippen molar-refractivity contribution in [3.63, 3.8) is 0 Å². The van der Waals surface area contributed by atoms with E-state index in [1.807, 2.05) is 18.2 Å². The fourth-order valence-corrected chi connectivity index (χ4v) is 5.59. The van der Waals surface area contributed by atoms with E-state index in [9.17, 15) is 23.4 Å². The topological polar surface area (TPSA) is 91.7 Å². The van der Waals surface area contributed by atoms with Crippen molar-refractivity contribution < 1.29 is 23.4 Å². The second kappa shape index (κ2) is 9.22. The molecule has 0 amide bonds. The van der Waals surface area contributed by atoms with E-state index in [-0.39, 0.29) is 10.6 Å². The van der Waals surface area contributed by atoms with Crippen LogP contribution < -0.4 is 0 Å². The molecule has 2 N–H and O–H groups in total. The molecule has 0 fully saturated rings. The van der Waals surface area contributed by atoms with Gasteiger partial charge in [0, 0.05) is 15.7 Å². The number of thioether (sulfide) groups is 1. The molecular formula is C22H19ClO5S2. The van der Waals surface area contributed by atoms with Crippen molar-refractivity contribution in [1.82, 2.24) is 0 Å². The molecule has 0 bridgehead atoms. The number of aliphatic hydroxyl groups is 1. The van der Waals surface area contributed by atoms with Crippen LogP contribution in [0, 0.1) is 0 Å². The van der Waals surface area contributed by atoms with Crippen molar-refractivity contribution in [2.45, 2.75) is 15.4 Å². The van der Waals surface area contributed by atoms with E-state index in [0.29, 0.717) is 5.02 Å². The molecule has 1 atom stereocenters. The number of carboxylic acids is 1. The first-order chi connectivity index (χ1) is 14.2. The summed E-state index contributed by atoms with van der Waals surface area (Å²) in [6, 6.07) is 22.1. The third-order valence-corrected chi connectivity index (χ3v) is 7.77. The molecule has 3 aromatic carbocycles. The summed E-state index contributed by atoms with van der Waals surface area (Å²) in [5.41, 5.74) is -0.767. The molecule has 8 heteroatoms. The molecule has 0 aromatic heterocycles. The quantitative estimate of drug-likeness (QED) is 0.482. The van der Waals surface area contributed by atoms with E-state index in [1.165, 1.54) is 12.1 Å². The lowest BCUT2D eigenvalue weighted by Gasteiger charge is -2.23. The molecular weight excluding hydrogens is 444 g/mol. The average molecular weight is 463 g/mol. The lowest BCUT2D eigenvalue weighted by molar-refractivity contribution is -0.153. The molecule has 0 aliphatic heterocycles. The van der Waals surface area contributed by atoms with Gasteiger partial charge in [0.15, 0.2) is 15.4 Å². The van der Waals surface area contributed by atoms with Gasteiger partial charge >= 0.3 is 5.97 Å². The van der Waals surface area contributed by atoms with E-state index < -0.39 is 27.2 Å². The van der Waals surface area contributed by atoms with Crippen molar-refractivity contribution in [2.24, 2.45) is 0 Å². The molecule has 0 aliphatic rings. The Bertz CT molecular complexity index is 1110. The van der Waals surface area contributed by atoms with Gasteiger partial charge in [0.2, 0.25) is 0 Å². The zero-order chi connectivity index (χ0) is 21.8. The third kappa shape index (κ3) is 5.43. The monoisotopic (exact) mass is 462 g/mol. The highest BCUT2D eigenvalue weighted by molar-refractivity contribution is 7.99. The van der Waals surface area contributed by atoms with E-state index in [4.69, 9.17) is 11.6 Å². The summed E-state index contributed by atoms with van der Waals surface area (Å²) < 4.78 is 25.6. The van der Waals surface area contributed by atoms with Gasteiger partial charge in [-0.3, -0.25) is 0 Å². The fraction of sp³-hybridized carbons (Fsp3) is 0.136. The smallest absolute Gasteiger partial charge is 0.337 e. The van der Waals surface area contributed by atoms with Crippen LogP contribution >= 0.6 is 23.4 Å². The summed E-state index contributed by atoms with van der Waals surface area (Å²) in [5, 5.41) is 20.7. The van der Waals surface area contributed by atoms with Crippen LogP contribution in [0.15, 0.2) is 88.7 Å². The SMILES string of the molecule is O=C(O)C(O)(CSc1ccccc1)CS(=O)(=O)c1ccc(-c2ccc(Cl)cc2)cc1. The molecule has 0 saturated carbocycles. The summed E-state index contributed by atoms with van der Waals surface area (Å²) in [4.78, 5) is 12.4. The molecule has 0 aliphatic carbocycles. The lowest BCUT2D eigenvalue weighted by Crippen LogP contribution is -2.47. The maximum absolute atomic E-state index is 12.8. The van der Waals surface area contributed by atoms with Crippen LogP contribution in [0.1, 0.15) is 0 Å². The normalized spacial score (nSPS) is 13.5. The summed E-state index contributed by atoms with van der Waals surface area (Å²) >= 11 is 6.97. The summed E-state index contributed by atoms with van der Waals surface area (Å²) in [5.74, 6) is -2.79. The maximum Gasteiger partial charge on any atom is 0.337 e. The third-order valence-electron chi connectivity index (χ3n) is 4.44.